The molecule has 0 spiro atoms. The SMILES string of the molecule is C[13C]([15NH2])=O. The molecule has 0 aliphatic rings. The third-order valence-corrected chi connectivity index (χ3v) is 0. The second-order valence-corrected chi connectivity index (χ2v) is 0.611. The molecule has 2 nitrogen and oxygen atoms in total. The molecule has 0 aliphatic carbocycles. The molecule has 0 saturated heterocycles. The van der Waals surface area contributed by atoms with Gasteiger partial charge in [0.1, 0.15) is 0 Å². The molecule has 0 heterocycles. The van der Waals surface area contributed by atoms with Gasteiger partial charge in [-0.25, -0.2) is 0 Å². The van der Waals surface area contributed by atoms with Gasteiger partial charge in [0.15, 0.2) is 0 Å². The third kappa shape index (κ3) is 1.16. The zero-order valence-electron chi connectivity index (χ0n) is 2.49. The van der Waals surface area contributed by atoms with Crippen LogP contribution in [0.4, 0.5) is 0 Å². The van der Waals surface area contributed by atoms with Crippen LogP contribution < -0.4 is 5.73 Å². The Morgan fingerprint density at radius 2 is 2.00 bits per heavy atom. The van der Waals surface area contributed by atoms with Crippen LogP contribution in [0.3, 0.4) is 0 Å². The molecule has 0 aromatic heterocycles. The van der Waals surface area contributed by atoms with Crippen LogP contribution >= 0.6 is 0 Å². The second kappa shape index (κ2) is 0.875. The van der Waals surface area contributed by atoms with Gasteiger partial charge in [-0.1, -0.05) is 0 Å². The lowest BCUT2D eigenvalue weighted by molar-refractivity contribution is -0.115. The van der Waals surface area contributed by atoms with E-state index in [1.165, 1.54) is 6.92 Å². The van der Waals surface area contributed by atoms with E-state index in [2.05, 4.69) is 5.73 Å². The van der Waals surface area contributed by atoms with E-state index in [1.807, 2.05) is 0 Å². The van der Waals surface area contributed by atoms with Crippen LogP contribution in [0.2, 0.25) is 0 Å². The standard InChI is InChI=1S/C2H5NO/c1-2(3)4/h1H3,(H2,3,4)/i2+1,3+1. The van der Waals surface area contributed by atoms with E-state index in [-0.39, 0.29) is 5.91 Å². The highest BCUT2D eigenvalue weighted by Crippen LogP contribution is 1.33. The summed E-state index contributed by atoms with van der Waals surface area (Å²) in [6, 6.07) is 0. The molecule has 4 heavy (non-hydrogen) atoms. The van der Waals surface area contributed by atoms with Crippen molar-refractivity contribution in [3.05, 3.63) is 0 Å². The summed E-state index contributed by atoms with van der Waals surface area (Å²) >= 11 is 0. The predicted molar refractivity (Wildman–Crippen MR) is 14.9 cm³/mol. The fourth-order valence-electron chi connectivity index (χ4n) is 0. The van der Waals surface area contributed by atoms with Crippen molar-refractivity contribution >= 4 is 5.91 Å². The van der Waals surface area contributed by atoms with Crippen LogP contribution in [0.1, 0.15) is 6.92 Å². The minimum Gasteiger partial charge on any atom is -0.370 e. The molecule has 0 bridgehead atoms. The highest BCUT2D eigenvalue weighted by molar-refractivity contribution is 5.70. The number of hydrogen-bond acceptors (Lipinski definition) is 1. The molecule has 2 N–H and O–H groups in total. The van der Waals surface area contributed by atoms with Crippen molar-refractivity contribution in [3.8, 4) is 0 Å². The lowest BCUT2D eigenvalue weighted by atomic mass is 11.3. The Labute approximate surface area is 24.6 Å². The van der Waals surface area contributed by atoms with Crippen molar-refractivity contribution in [2.24, 2.45) is 5.73 Å². The molecule has 0 rings (SSSR count). The lowest BCUT2D eigenvalue weighted by Crippen LogP contribution is -2.01. The fourth-order valence-corrected chi connectivity index (χ4v) is 0. The van der Waals surface area contributed by atoms with Crippen molar-refractivity contribution in [2.75, 3.05) is 0 Å². The van der Waals surface area contributed by atoms with Gasteiger partial charge in [0.25, 0.3) is 0 Å². The Hall–Kier alpha value is -0.530. The summed E-state index contributed by atoms with van der Waals surface area (Å²) in [5.74, 6) is -0.333. The molecule has 0 unspecified atom stereocenters. The van der Waals surface area contributed by atoms with Gasteiger partial charge < -0.3 is 5.73 Å². The molecule has 2 heteroatoms. The smallest absolute Gasteiger partial charge is 0.214 e. The second-order valence-electron chi connectivity index (χ2n) is 0.611. The number of nitrogens with two attached hydrogens (primary N) is 1. The van der Waals surface area contributed by atoms with E-state index in [0.717, 1.165) is 0 Å². The van der Waals surface area contributed by atoms with Crippen molar-refractivity contribution in [1.82, 2.24) is 0 Å². The van der Waals surface area contributed by atoms with Crippen LogP contribution in [-0.4, -0.2) is 5.91 Å². The quantitative estimate of drug-likeness (QED) is 0.297. The first-order chi connectivity index (χ1) is 1.73. The summed E-state index contributed by atoms with van der Waals surface area (Å²) in [7, 11) is 0. The molecule has 24 valence electrons. The Morgan fingerprint density at radius 3 is 2.00 bits per heavy atom. The maximum absolute atomic E-state index is 9.22. The summed E-state index contributed by atoms with van der Waals surface area (Å²) in [5.41, 5.74) is 4.47. The van der Waals surface area contributed by atoms with Gasteiger partial charge in [-0.3, -0.25) is 4.79 Å². The van der Waals surface area contributed by atoms with Crippen molar-refractivity contribution < 1.29 is 4.79 Å². The summed E-state index contributed by atoms with van der Waals surface area (Å²) < 4.78 is 0. The van der Waals surface area contributed by atoms with E-state index >= 15 is 0 Å². The maximum atomic E-state index is 9.22. The summed E-state index contributed by atoms with van der Waals surface area (Å²) in [6.07, 6.45) is 0. The zero-order chi connectivity index (χ0) is 3.58. The van der Waals surface area contributed by atoms with Crippen molar-refractivity contribution in [1.29, 1.82) is 0 Å². The average Bonchev–Trinajstić information content (AvgIpc) is 0.811. The molecule has 0 aromatic carbocycles. The summed E-state index contributed by atoms with van der Waals surface area (Å²) in [6.45, 7) is 1.31. The Balaban J connectivity index is 2.80. The molecule has 0 aromatic rings. The Morgan fingerprint density at radius 1 is 2.00 bits per heavy atom. The van der Waals surface area contributed by atoms with E-state index in [0.29, 0.717) is 0 Å². The van der Waals surface area contributed by atoms with Gasteiger partial charge in [0.2, 0.25) is 5.91 Å². The zero-order valence-corrected chi connectivity index (χ0v) is 2.49. The third-order valence-electron chi connectivity index (χ3n) is 0. The highest BCUT2D eigenvalue weighted by atomic mass is 16.2. The van der Waals surface area contributed by atoms with Crippen molar-refractivity contribution in [2.45, 2.75) is 6.92 Å². The number of hydrogen-bond donors (Lipinski definition) is 1. The normalized spacial score (nSPS) is 6.25. The molecule has 0 fully saturated rings. The fraction of sp³-hybridized carbons (Fsp3) is 0.500. The number of amides is 1. The van der Waals surface area contributed by atoms with E-state index in [1.54, 1.807) is 0 Å². The minimum atomic E-state index is -0.333. The molecular formula is C2H5NO. The van der Waals surface area contributed by atoms with Gasteiger partial charge in [0.05, 0.1) is 0 Å². The minimum absolute atomic E-state index is 0.333. The van der Waals surface area contributed by atoms with Gasteiger partial charge in [-0.2, -0.15) is 0 Å². The number of carbonyl (C=O) groups excluding carboxylic acids is 1. The highest BCUT2D eigenvalue weighted by Gasteiger charge is 1.61. The molecule has 0 saturated carbocycles. The maximum Gasteiger partial charge on any atom is 0.214 e. The van der Waals surface area contributed by atoms with Gasteiger partial charge in [-0.15, -0.1) is 0 Å². The lowest BCUT2D eigenvalue weighted by Gasteiger charge is -1.60. The van der Waals surface area contributed by atoms with E-state index < -0.39 is 0 Å². The van der Waals surface area contributed by atoms with Gasteiger partial charge in [-0.05, 0) is 0 Å². The summed E-state index contributed by atoms with van der Waals surface area (Å²) in [5, 5.41) is 0. The van der Waals surface area contributed by atoms with Crippen LogP contribution in [0.15, 0.2) is 0 Å². The van der Waals surface area contributed by atoms with Crippen LogP contribution in [0.5, 0.6) is 0 Å². The predicted octanol–water partition coefficient (Wildman–Crippen LogP) is -0.508. The van der Waals surface area contributed by atoms with Gasteiger partial charge in [0, 0.05) is 6.92 Å². The first-order valence-electron chi connectivity index (χ1n) is 0.993. The molecule has 1 amide bonds. The first kappa shape index (κ1) is 3.47. The topological polar surface area (TPSA) is 43.1 Å². The largest absolute Gasteiger partial charge is 0.370 e. The van der Waals surface area contributed by atoms with E-state index in [9.17, 15) is 4.79 Å². The average molecular weight is 61.1 g/mol. The molecule has 0 aliphatic heterocycles. The Bertz CT molecular complexity index is 29.0. The van der Waals surface area contributed by atoms with Gasteiger partial charge >= 0.3 is 0 Å². The van der Waals surface area contributed by atoms with E-state index in [4.69, 9.17) is 0 Å². The molecular weight excluding hydrogens is 56.0 g/mol. The van der Waals surface area contributed by atoms with Crippen molar-refractivity contribution in [3.63, 3.8) is 0 Å². The first-order valence-corrected chi connectivity index (χ1v) is 0.993. The Kier molecular flexibility index (Phi) is 0.759. The monoisotopic (exact) mass is 61.0 g/mol. The van der Waals surface area contributed by atoms with Crippen LogP contribution in [0, 0.1) is 0 Å². The van der Waals surface area contributed by atoms with Crippen LogP contribution in [0.25, 0.3) is 0 Å². The summed E-state index contributed by atoms with van der Waals surface area (Å²) in [4.78, 5) is 9.22. The number of primary amides is 1. The number of rotatable bonds is 0. The van der Waals surface area contributed by atoms with Crippen LogP contribution in [-0.2, 0) is 4.79 Å². The molecule has 0 atom stereocenters. The number of carbonyl (C=O) groups is 1. The molecule has 0 radical (unpaired) electrons.